The first-order valence-electron chi connectivity index (χ1n) is 6.07. The van der Waals surface area contributed by atoms with Gasteiger partial charge >= 0.3 is 0 Å². The van der Waals surface area contributed by atoms with Crippen molar-refractivity contribution in [1.82, 2.24) is 9.78 Å². The molecule has 0 atom stereocenters. The van der Waals surface area contributed by atoms with Crippen molar-refractivity contribution in [3.63, 3.8) is 0 Å². The Morgan fingerprint density at radius 3 is 2.70 bits per heavy atom. The van der Waals surface area contributed by atoms with E-state index in [1.165, 1.54) is 18.4 Å². The fraction of sp³-hybridized carbons (Fsp3) is 0.0667. The van der Waals surface area contributed by atoms with Crippen LogP contribution in [0.2, 0.25) is 0 Å². The average molecular weight is 270 g/mol. The number of benzene rings is 1. The second kappa shape index (κ2) is 5.13. The minimum atomic E-state index is -0.279. The van der Waals surface area contributed by atoms with E-state index in [1.54, 1.807) is 35.1 Å². The van der Waals surface area contributed by atoms with Gasteiger partial charge in [-0.3, -0.25) is 9.48 Å². The molecule has 0 bridgehead atoms. The lowest BCUT2D eigenvalue weighted by atomic mass is 10.2. The molecule has 2 aromatic heterocycles. The number of carbonyl (C=O) groups excluding carboxylic acids is 1. The van der Waals surface area contributed by atoms with E-state index in [4.69, 9.17) is 4.42 Å². The molecule has 0 spiro atoms. The van der Waals surface area contributed by atoms with E-state index < -0.39 is 0 Å². The largest absolute Gasteiger partial charge is 0.463 e. The molecule has 0 N–H and O–H groups in total. The maximum atomic E-state index is 12.9. The molecule has 20 heavy (non-hydrogen) atoms. The molecule has 3 aromatic rings. The molecule has 2 heterocycles. The van der Waals surface area contributed by atoms with Crippen LogP contribution in [0, 0.1) is 5.82 Å². The lowest BCUT2D eigenvalue weighted by Gasteiger charge is -2.01. The summed E-state index contributed by atoms with van der Waals surface area (Å²) in [6, 6.07) is 9.65. The van der Waals surface area contributed by atoms with Crippen molar-refractivity contribution in [2.75, 3.05) is 0 Å². The van der Waals surface area contributed by atoms with Crippen LogP contribution in [0.4, 0.5) is 4.39 Å². The Morgan fingerprint density at radius 1 is 1.25 bits per heavy atom. The summed E-state index contributed by atoms with van der Waals surface area (Å²) in [4.78, 5) is 11.1. The monoisotopic (exact) mass is 270 g/mol. The average Bonchev–Trinajstić information content (AvgIpc) is 3.10. The minimum Gasteiger partial charge on any atom is -0.463 e. The number of furan rings is 1. The van der Waals surface area contributed by atoms with Crippen molar-refractivity contribution in [2.45, 2.75) is 6.54 Å². The van der Waals surface area contributed by atoms with Crippen LogP contribution in [0.1, 0.15) is 15.9 Å². The molecule has 1 aromatic carbocycles. The van der Waals surface area contributed by atoms with Crippen LogP contribution >= 0.6 is 0 Å². The van der Waals surface area contributed by atoms with Gasteiger partial charge in [-0.05, 0) is 29.8 Å². The highest BCUT2D eigenvalue weighted by Gasteiger charge is 2.13. The van der Waals surface area contributed by atoms with Crippen molar-refractivity contribution >= 4 is 6.29 Å². The first-order chi connectivity index (χ1) is 9.76. The number of rotatable bonds is 4. The third-order valence-electron chi connectivity index (χ3n) is 2.93. The van der Waals surface area contributed by atoms with Gasteiger partial charge in [-0.25, -0.2) is 4.39 Å². The standard InChI is InChI=1S/C15H11FN2O2/c16-13-5-3-11(4-6-13)8-18-9-12(10-19)15(17-18)14-2-1-7-20-14/h1-7,9-10H,8H2. The predicted octanol–water partition coefficient (Wildman–Crippen LogP) is 3.14. The minimum absolute atomic E-state index is 0.279. The Balaban J connectivity index is 1.91. The second-order valence-corrected chi connectivity index (χ2v) is 4.35. The van der Waals surface area contributed by atoms with E-state index in [9.17, 15) is 9.18 Å². The van der Waals surface area contributed by atoms with Crippen molar-refractivity contribution in [3.05, 3.63) is 65.8 Å². The van der Waals surface area contributed by atoms with Crippen LogP contribution in [0.15, 0.2) is 53.3 Å². The molecule has 0 amide bonds. The number of halogens is 1. The maximum absolute atomic E-state index is 12.9. The van der Waals surface area contributed by atoms with Crippen LogP contribution in [-0.4, -0.2) is 16.1 Å². The third kappa shape index (κ3) is 2.38. The second-order valence-electron chi connectivity index (χ2n) is 4.35. The molecule has 5 heteroatoms. The van der Waals surface area contributed by atoms with Gasteiger partial charge in [0, 0.05) is 6.20 Å². The molecule has 0 aliphatic carbocycles. The Hall–Kier alpha value is -2.69. The van der Waals surface area contributed by atoms with E-state index in [0.717, 1.165) is 11.8 Å². The summed E-state index contributed by atoms with van der Waals surface area (Å²) < 4.78 is 19.7. The van der Waals surface area contributed by atoms with Crippen molar-refractivity contribution in [1.29, 1.82) is 0 Å². The van der Waals surface area contributed by atoms with E-state index in [-0.39, 0.29) is 5.82 Å². The van der Waals surface area contributed by atoms with Crippen LogP contribution < -0.4 is 0 Å². The number of hydrogen-bond acceptors (Lipinski definition) is 3. The molecular weight excluding hydrogens is 259 g/mol. The molecule has 0 saturated carbocycles. The fourth-order valence-electron chi connectivity index (χ4n) is 1.99. The maximum Gasteiger partial charge on any atom is 0.154 e. The van der Waals surface area contributed by atoms with Crippen LogP contribution in [0.3, 0.4) is 0 Å². The Bertz CT molecular complexity index is 715. The molecule has 100 valence electrons. The van der Waals surface area contributed by atoms with Gasteiger partial charge in [0.05, 0.1) is 18.4 Å². The van der Waals surface area contributed by atoms with E-state index in [1.807, 2.05) is 0 Å². The lowest BCUT2D eigenvalue weighted by Crippen LogP contribution is -2.00. The van der Waals surface area contributed by atoms with Crippen LogP contribution in [0.5, 0.6) is 0 Å². The topological polar surface area (TPSA) is 48.0 Å². The van der Waals surface area contributed by atoms with E-state index in [0.29, 0.717) is 23.6 Å². The SMILES string of the molecule is O=Cc1cn(Cc2ccc(F)cc2)nc1-c1ccco1. The van der Waals surface area contributed by atoms with Gasteiger partial charge in [0.1, 0.15) is 11.5 Å². The molecule has 3 rings (SSSR count). The highest BCUT2D eigenvalue weighted by Crippen LogP contribution is 2.21. The fourth-order valence-corrected chi connectivity index (χ4v) is 1.99. The normalized spacial score (nSPS) is 10.7. The highest BCUT2D eigenvalue weighted by atomic mass is 19.1. The van der Waals surface area contributed by atoms with Crippen molar-refractivity contribution in [2.24, 2.45) is 0 Å². The summed E-state index contributed by atoms with van der Waals surface area (Å²) >= 11 is 0. The summed E-state index contributed by atoms with van der Waals surface area (Å²) in [5, 5.41) is 4.34. The van der Waals surface area contributed by atoms with Gasteiger partial charge in [0.2, 0.25) is 0 Å². The van der Waals surface area contributed by atoms with Crippen molar-refractivity contribution < 1.29 is 13.6 Å². The summed E-state index contributed by atoms with van der Waals surface area (Å²) in [6.45, 7) is 0.460. The summed E-state index contributed by atoms with van der Waals surface area (Å²) in [6.07, 6.45) is 3.92. The van der Waals surface area contributed by atoms with E-state index >= 15 is 0 Å². The van der Waals surface area contributed by atoms with E-state index in [2.05, 4.69) is 5.10 Å². The Labute approximate surface area is 114 Å². The molecule has 0 fully saturated rings. The molecule has 0 aliphatic heterocycles. The first kappa shape index (κ1) is 12.3. The number of carbonyl (C=O) groups is 1. The zero-order chi connectivity index (χ0) is 13.9. The summed E-state index contributed by atoms with van der Waals surface area (Å²) in [7, 11) is 0. The third-order valence-corrected chi connectivity index (χ3v) is 2.93. The predicted molar refractivity (Wildman–Crippen MR) is 70.8 cm³/mol. The summed E-state index contributed by atoms with van der Waals surface area (Å²) in [5.74, 6) is 0.268. The smallest absolute Gasteiger partial charge is 0.154 e. The van der Waals surface area contributed by atoms with Gasteiger partial charge in [-0.2, -0.15) is 5.10 Å². The molecule has 0 radical (unpaired) electrons. The Kier molecular flexibility index (Phi) is 3.16. The van der Waals surface area contributed by atoms with Gasteiger partial charge in [0.25, 0.3) is 0 Å². The lowest BCUT2D eigenvalue weighted by molar-refractivity contribution is 0.112. The molecule has 0 aliphatic rings. The molecule has 0 unspecified atom stereocenters. The van der Waals surface area contributed by atoms with Crippen LogP contribution in [-0.2, 0) is 6.54 Å². The first-order valence-corrected chi connectivity index (χ1v) is 6.07. The van der Waals surface area contributed by atoms with Gasteiger partial charge in [-0.1, -0.05) is 12.1 Å². The number of hydrogen-bond donors (Lipinski definition) is 0. The quantitative estimate of drug-likeness (QED) is 0.684. The summed E-state index contributed by atoms with van der Waals surface area (Å²) in [5.41, 5.74) is 1.87. The van der Waals surface area contributed by atoms with Gasteiger partial charge in [0.15, 0.2) is 12.0 Å². The molecule has 0 saturated heterocycles. The Morgan fingerprint density at radius 2 is 2.05 bits per heavy atom. The zero-order valence-electron chi connectivity index (χ0n) is 10.5. The van der Waals surface area contributed by atoms with Crippen molar-refractivity contribution in [3.8, 4) is 11.5 Å². The van der Waals surface area contributed by atoms with Gasteiger partial charge < -0.3 is 4.42 Å². The number of nitrogens with zero attached hydrogens (tertiary/aromatic N) is 2. The van der Waals surface area contributed by atoms with Gasteiger partial charge in [-0.15, -0.1) is 0 Å². The van der Waals surface area contributed by atoms with Crippen LogP contribution in [0.25, 0.3) is 11.5 Å². The molecular formula is C15H11FN2O2. The molecule has 4 nitrogen and oxygen atoms in total. The highest BCUT2D eigenvalue weighted by molar-refractivity contribution is 5.83. The zero-order valence-corrected chi connectivity index (χ0v) is 10.5. The number of aromatic nitrogens is 2. The number of aldehydes is 1.